The Kier molecular flexibility index (Phi) is 3.44. The second-order valence-corrected chi connectivity index (χ2v) is 6.86. The zero-order valence-corrected chi connectivity index (χ0v) is 13.2. The highest BCUT2D eigenvalue weighted by atomic mass is 16.5. The summed E-state index contributed by atoms with van der Waals surface area (Å²) in [6.07, 6.45) is 0.127. The number of fused-ring (bicyclic) bond motifs is 1. The van der Waals surface area contributed by atoms with Crippen molar-refractivity contribution in [2.45, 2.75) is 38.7 Å². The number of carbonyl (C=O) groups is 1. The number of Topliss-reactive ketones (excluding diaryl/α,β-unsaturated/α-hetero) is 1. The molecule has 1 unspecified atom stereocenters. The molecule has 0 amide bonds. The molecule has 1 heterocycles. The lowest BCUT2D eigenvalue weighted by Gasteiger charge is -2.26. The first-order valence-electron chi connectivity index (χ1n) is 7.54. The van der Waals surface area contributed by atoms with Crippen molar-refractivity contribution in [3.05, 3.63) is 59.2 Å². The molecule has 1 atom stereocenters. The van der Waals surface area contributed by atoms with Gasteiger partial charge in [-0.3, -0.25) is 4.79 Å². The van der Waals surface area contributed by atoms with Gasteiger partial charge in [-0.05, 0) is 28.7 Å². The average molecular weight is 295 g/mol. The number of benzene rings is 2. The highest BCUT2D eigenvalue weighted by molar-refractivity contribution is 6.00. The Balaban J connectivity index is 1.89. The van der Waals surface area contributed by atoms with Crippen LogP contribution in [0.15, 0.2) is 42.5 Å². The summed E-state index contributed by atoms with van der Waals surface area (Å²) in [6.45, 7) is 6.55. The SMILES string of the molecule is CC(C)(C)c1ccc(C2CC(=O)c3ccc(N)cc3O2)cc1. The predicted octanol–water partition coefficient (Wildman–Crippen LogP) is 4.27. The normalized spacial score (nSPS) is 17.8. The minimum atomic E-state index is -0.240. The monoisotopic (exact) mass is 295 g/mol. The van der Waals surface area contributed by atoms with Crippen LogP contribution in [0.4, 0.5) is 5.69 Å². The van der Waals surface area contributed by atoms with Crippen molar-refractivity contribution in [1.29, 1.82) is 0 Å². The van der Waals surface area contributed by atoms with E-state index in [0.29, 0.717) is 23.4 Å². The number of nitrogens with two attached hydrogens (primary N) is 1. The van der Waals surface area contributed by atoms with Crippen molar-refractivity contribution in [3.8, 4) is 5.75 Å². The Morgan fingerprint density at radius 1 is 1.09 bits per heavy atom. The standard InChI is InChI=1S/C19H21NO2/c1-19(2,3)13-6-4-12(5-7-13)17-11-16(21)15-9-8-14(20)10-18(15)22-17/h4-10,17H,11,20H2,1-3H3. The Labute approximate surface area is 131 Å². The van der Waals surface area contributed by atoms with Gasteiger partial charge in [0.1, 0.15) is 11.9 Å². The number of hydrogen-bond donors (Lipinski definition) is 1. The fourth-order valence-electron chi connectivity index (χ4n) is 2.72. The third kappa shape index (κ3) is 2.71. The van der Waals surface area contributed by atoms with Crippen molar-refractivity contribution < 1.29 is 9.53 Å². The Morgan fingerprint density at radius 2 is 1.77 bits per heavy atom. The maximum atomic E-state index is 12.3. The van der Waals surface area contributed by atoms with Gasteiger partial charge in [-0.15, -0.1) is 0 Å². The maximum Gasteiger partial charge on any atom is 0.170 e. The molecule has 0 fully saturated rings. The minimum Gasteiger partial charge on any atom is -0.484 e. The van der Waals surface area contributed by atoms with Gasteiger partial charge < -0.3 is 10.5 Å². The number of rotatable bonds is 1. The number of nitrogen functional groups attached to an aromatic ring is 1. The fourth-order valence-corrected chi connectivity index (χ4v) is 2.72. The molecule has 2 aromatic carbocycles. The van der Waals surface area contributed by atoms with Gasteiger partial charge in [-0.25, -0.2) is 0 Å². The summed E-state index contributed by atoms with van der Waals surface area (Å²) in [7, 11) is 0. The lowest BCUT2D eigenvalue weighted by atomic mass is 9.86. The van der Waals surface area contributed by atoms with Crippen LogP contribution in [0.25, 0.3) is 0 Å². The molecule has 3 heteroatoms. The third-order valence-corrected chi connectivity index (χ3v) is 4.09. The van der Waals surface area contributed by atoms with Crippen LogP contribution in [0.2, 0.25) is 0 Å². The molecule has 3 rings (SSSR count). The largest absolute Gasteiger partial charge is 0.484 e. The van der Waals surface area contributed by atoms with E-state index in [4.69, 9.17) is 10.5 Å². The molecule has 0 bridgehead atoms. The molecule has 0 radical (unpaired) electrons. The summed E-state index contributed by atoms with van der Waals surface area (Å²) < 4.78 is 5.99. The van der Waals surface area contributed by atoms with Gasteiger partial charge in [0.25, 0.3) is 0 Å². The maximum absolute atomic E-state index is 12.3. The molecule has 0 aliphatic carbocycles. The molecule has 1 aliphatic heterocycles. The first kappa shape index (κ1) is 14.6. The molecule has 2 N–H and O–H groups in total. The average Bonchev–Trinajstić information content (AvgIpc) is 2.46. The van der Waals surface area contributed by atoms with E-state index in [0.717, 1.165) is 5.56 Å². The van der Waals surface area contributed by atoms with Crippen molar-refractivity contribution in [2.24, 2.45) is 0 Å². The van der Waals surface area contributed by atoms with E-state index in [2.05, 4.69) is 45.0 Å². The molecule has 3 nitrogen and oxygen atoms in total. The lowest BCUT2D eigenvalue weighted by molar-refractivity contribution is 0.0850. The van der Waals surface area contributed by atoms with E-state index in [1.165, 1.54) is 5.56 Å². The van der Waals surface area contributed by atoms with Crippen LogP contribution in [0.3, 0.4) is 0 Å². The van der Waals surface area contributed by atoms with Gasteiger partial charge in [0, 0.05) is 11.8 Å². The Bertz CT molecular complexity index is 711. The van der Waals surface area contributed by atoms with Crippen LogP contribution in [-0.2, 0) is 5.41 Å². The number of ether oxygens (including phenoxy) is 1. The van der Waals surface area contributed by atoms with Crippen LogP contribution < -0.4 is 10.5 Å². The van der Waals surface area contributed by atoms with Crippen LogP contribution >= 0.6 is 0 Å². The third-order valence-electron chi connectivity index (χ3n) is 4.09. The van der Waals surface area contributed by atoms with E-state index in [-0.39, 0.29) is 17.3 Å². The zero-order valence-electron chi connectivity index (χ0n) is 13.2. The van der Waals surface area contributed by atoms with Gasteiger partial charge in [0.2, 0.25) is 0 Å². The molecule has 1 aliphatic rings. The summed E-state index contributed by atoms with van der Waals surface area (Å²) in [6, 6.07) is 13.5. The number of hydrogen-bond acceptors (Lipinski definition) is 3. The van der Waals surface area contributed by atoms with Crippen LogP contribution in [0, 0.1) is 0 Å². The van der Waals surface area contributed by atoms with Gasteiger partial charge in [0.05, 0.1) is 12.0 Å². The van der Waals surface area contributed by atoms with Gasteiger partial charge in [-0.2, -0.15) is 0 Å². The number of carbonyl (C=O) groups excluding carboxylic acids is 1. The molecular weight excluding hydrogens is 274 g/mol. The van der Waals surface area contributed by atoms with E-state index >= 15 is 0 Å². The first-order valence-corrected chi connectivity index (χ1v) is 7.54. The second kappa shape index (κ2) is 5.16. The topological polar surface area (TPSA) is 52.3 Å². The molecule has 0 aromatic heterocycles. The Hall–Kier alpha value is -2.29. The molecule has 22 heavy (non-hydrogen) atoms. The summed E-state index contributed by atoms with van der Waals surface area (Å²) >= 11 is 0. The lowest BCUT2D eigenvalue weighted by Crippen LogP contribution is -2.20. The van der Waals surface area contributed by atoms with Crippen LogP contribution in [-0.4, -0.2) is 5.78 Å². The van der Waals surface area contributed by atoms with Crippen LogP contribution in [0.1, 0.15) is 54.8 Å². The van der Waals surface area contributed by atoms with Crippen molar-refractivity contribution in [2.75, 3.05) is 5.73 Å². The van der Waals surface area contributed by atoms with Gasteiger partial charge >= 0.3 is 0 Å². The molecule has 0 saturated heterocycles. The first-order chi connectivity index (χ1) is 10.3. The fraction of sp³-hybridized carbons (Fsp3) is 0.316. The second-order valence-electron chi connectivity index (χ2n) is 6.86. The van der Waals surface area contributed by atoms with Crippen molar-refractivity contribution in [1.82, 2.24) is 0 Å². The summed E-state index contributed by atoms with van der Waals surface area (Å²) in [5, 5.41) is 0. The number of ketones is 1. The summed E-state index contributed by atoms with van der Waals surface area (Å²) in [4.78, 5) is 12.3. The molecule has 2 aromatic rings. The number of anilines is 1. The molecule has 114 valence electrons. The highest BCUT2D eigenvalue weighted by Gasteiger charge is 2.28. The Morgan fingerprint density at radius 3 is 2.41 bits per heavy atom. The van der Waals surface area contributed by atoms with Gasteiger partial charge in [0.15, 0.2) is 5.78 Å². The highest BCUT2D eigenvalue weighted by Crippen LogP contribution is 2.36. The van der Waals surface area contributed by atoms with Crippen molar-refractivity contribution >= 4 is 11.5 Å². The minimum absolute atomic E-state index is 0.103. The molecule has 0 saturated carbocycles. The van der Waals surface area contributed by atoms with Crippen molar-refractivity contribution in [3.63, 3.8) is 0 Å². The van der Waals surface area contributed by atoms with E-state index in [1.54, 1.807) is 18.2 Å². The smallest absolute Gasteiger partial charge is 0.170 e. The quantitative estimate of drug-likeness (QED) is 0.799. The van der Waals surface area contributed by atoms with Gasteiger partial charge in [-0.1, -0.05) is 45.0 Å². The molecule has 0 spiro atoms. The summed E-state index contributed by atoms with van der Waals surface area (Å²) in [5.41, 5.74) is 9.42. The van der Waals surface area contributed by atoms with Crippen LogP contribution in [0.5, 0.6) is 5.75 Å². The zero-order chi connectivity index (χ0) is 15.9. The van der Waals surface area contributed by atoms with E-state index in [9.17, 15) is 4.79 Å². The summed E-state index contributed by atoms with van der Waals surface area (Å²) in [5.74, 6) is 0.687. The van der Waals surface area contributed by atoms with E-state index < -0.39 is 0 Å². The molecular formula is C19H21NO2. The predicted molar refractivity (Wildman–Crippen MR) is 88.3 cm³/mol. The van der Waals surface area contributed by atoms with E-state index in [1.807, 2.05) is 0 Å².